The van der Waals surface area contributed by atoms with Crippen molar-refractivity contribution in [1.29, 1.82) is 0 Å². The maximum absolute atomic E-state index is 12.3. The second-order valence-electron chi connectivity index (χ2n) is 8.50. The van der Waals surface area contributed by atoms with Crippen molar-refractivity contribution in [2.24, 2.45) is 28.4 Å². The molecule has 2 unspecified atom stereocenters. The highest BCUT2D eigenvalue weighted by molar-refractivity contribution is 5.82. The van der Waals surface area contributed by atoms with Gasteiger partial charge in [-0.1, -0.05) is 44.2 Å². The quantitative estimate of drug-likeness (QED) is 0.884. The maximum atomic E-state index is 12.3. The van der Waals surface area contributed by atoms with E-state index >= 15 is 0 Å². The number of carbonyl (C=O) groups is 1. The smallest absolute Gasteiger partial charge is 0.223 e. The van der Waals surface area contributed by atoms with Crippen LogP contribution in [0.25, 0.3) is 0 Å². The highest BCUT2D eigenvalue weighted by Gasteiger charge is 2.65. The second-order valence-corrected chi connectivity index (χ2v) is 8.50. The normalized spacial score (nSPS) is 43.0. The van der Waals surface area contributed by atoms with Gasteiger partial charge in [0.15, 0.2) is 0 Å². The van der Waals surface area contributed by atoms with Crippen LogP contribution in [0.5, 0.6) is 0 Å². The Morgan fingerprint density at radius 2 is 1.62 bits per heavy atom. The van der Waals surface area contributed by atoms with Crippen molar-refractivity contribution in [3.63, 3.8) is 0 Å². The molecule has 0 heterocycles. The largest absolute Gasteiger partial charge is 0.369 e. The zero-order valence-corrected chi connectivity index (χ0v) is 13.1. The molecule has 5 rings (SSSR count). The Labute approximate surface area is 127 Å². The van der Waals surface area contributed by atoms with Gasteiger partial charge in [-0.05, 0) is 60.3 Å². The van der Waals surface area contributed by atoms with E-state index in [-0.39, 0.29) is 16.7 Å². The number of amides is 1. The molecule has 2 heteroatoms. The monoisotopic (exact) mass is 283 g/mol. The Bertz CT molecular complexity index is 571. The van der Waals surface area contributed by atoms with Crippen LogP contribution in [0.4, 0.5) is 0 Å². The van der Waals surface area contributed by atoms with Crippen LogP contribution >= 0.6 is 0 Å². The molecule has 2 nitrogen and oxygen atoms in total. The molecule has 4 aliphatic rings. The predicted octanol–water partition coefficient (Wildman–Crippen LogP) is 3.65. The van der Waals surface area contributed by atoms with Crippen LogP contribution in [0.2, 0.25) is 0 Å². The Hall–Kier alpha value is -1.31. The average molecular weight is 283 g/mol. The number of rotatable bonds is 2. The first kappa shape index (κ1) is 13.4. The fourth-order valence-electron chi connectivity index (χ4n) is 5.94. The lowest BCUT2D eigenvalue weighted by molar-refractivity contribution is -0.168. The van der Waals surface area contributed by atoms with Gasteiger partial charge in [-0.15, -0.1) is 0 Å². The molecular formula is C19H25NO. The van der Waals surface area contributed by atoms with Gasteiger partial charge in [-0.2, -0.15) is 0 Å². The van der Waals surface area contributed by atoms with Gasteiger partial charge >= 0.3 is 0 Å². The van der Waals surface area contributed by atoms with Crippen LogP contribution in [0.1, 0.15) is 51.5 Å². The Balaban J connectivity index is 1.84. The summed E-state index contributed by atoms with van der Waals surface area (Å²) in [5.41, 5.74) is 7.62. The average Bonchev–Trinajstić information content (AvgIpc) is 2.45. The van der Waals surface area contributed by atoms with E-state index in [9.17, 15) is 4.79 Å². The van der Waals surface area contributed by atoms with Crippen molar-refractivity contribution in [2.75, 3.05) is 0 Å². The Morgan fingerprint density at radius 3 is 2.14 bits per heavy atom. The third-order valence-corrected chi connectivity index (χ3v) is 7.24. The molecule has 0 aromatic heterocycles. The zero-order chi connectivity index (χ0) is 14.9. The van der Waals surface area contributed by atoms with E-state index in [1.165, 1.54) is 18.4 Å². The molecule has 1 amide bonds. The summed E-state index contributed by atoms with van der Waals surface area (Å²) in [5.74, 6) is 1.21. The summed E-state index contributed by atoms with van der Waals surface area (Å²) in [5, 5.41) is 0. The molecule has 1 aromatic carbocycles. The first-order valence-electron chi connectivity index (χ1n) is 8.24. The molecule has 21 heavy (non-hydrogen) atoms. The molecule has 0 spiro atoms. The molecule has 4 aliphatic carbocycles. The lowest BCUT2D eigenvalue weighted by Gasteiger charge is -2.67. The molecule has 0 aliphatic heterocycles. The fourth-order valence-corrected chi connectivity index (χ4v) is 5.94. The van der Waals surface area contributed by atoms with E-state index in [0.717, 1.165) is 19.3 Å². The molecule has 4 bridgehead atoms. The number of hydrogen-bond donors (Lipinski definition) is 1. The molecule has 2 atom stereocenters. The van der Waals surface area contributed by atoms with E-state index < -0.39 is 0 Å². The lowest BCUT2D eigenvalue weighted by atomic mass is 9.37. The van der Waals surface area contributed by atoms with Gasteiger partial charge in [0.05, 0.1) is 5.41 Å². The predicted molar refractivity (Wildman–Crippen MR) is 83.6 cm³/mol. The third kappa shape index (κ3) is 1.62. The van der Waals surface area contributed by atoms with Crippen molar-refractivity contribution in [2.45, 2.75) is 51.4 Å². The van der Waals surface area contributed by atoms with Crippen LogP contribution in [0, 0.1) is 22.7 Å². The summed E-state index contributed by atoms with van der Waals surface area (Å²) >= 11 is 0. The lowest BCUT2D eigenvalue weighted by Crippen LogP contribution is -2.63. The van der Waals surface area contributed by atoms with E-state index in [4.69, 9.17) is 5.73 Å². The molecule has 0 radical (unpaired) electrons. The third-order valence-electron chi connectivity index (χ3n) is 7.24. The van der Waals surface area contributed by atoms with Crippen LogP contribution in [0.15, 0.2) is 30.3 Å². The summed E-state index contributed by atoms with van der Waals surface area (Å²) in [6.45, 7) is 4.82. The molecule has 2 N–H and O–H groups in total. The first-order valence-corrected chi connectivity index (χ1v) is 8.24. The van der Waals surface area contributed by atoms with Gasteiger partial charge in [-0.25, -0.2) is 0 Å². The van der Waals surface area contributed by atoms with Crippen LogP contribution < -0.4 is 5.73 Å². The van der Waals surface area contributed by atoms with Crippen molar-refractivity contribution in [1.82, 2.24) is 0 Å². The summed E-state index contributed by atoms with van der Waals surface area (Å²) in [4.78, 5) is 12.3. The van der Waals surface area contributed by atoms with Crippen LogP contribution in [-0.2, 0) is 10.2 Å². The molecule has 4 saturated carbocycles. The van der Waals surface area contributed by atoms with E-state index in [2.05, 4.69) is 44.2 Å². The number of carbonyl (C=O) groups excluding carboxylic acids is 1. The van der Waals surface area contributed by atoms with E-state index in [1.807, 2.05) is 0 Å². The van der Waals surface area contributed by atoms with E-state index in [1.54, 1.807) is 0 Å². The van der Waals surface area contributed by atoms with Crippen LogP contribution in [0.3, 0.4) is 0 Å². The minimum Gasteiger partial charge on any atom is -0.369 e. The first-order chi connectivity index (χ1) is 9.88. The fraction of sp³-hybridized carbons (Fsp3) is 0.632. The summed E-state index contributed by atoms with van der Waals surface area (Å²) in [7, 11) is 0. The standard InChI is InChI=1S/C19H25NO/c1-17(2)14-8-18(13-6-4-3-5-7-13)9-15(17)11-19(10-14,12-18)16(20)21/h3-7,14-15H,8-12H2,1-2H3,(H2,20,21). The molecular weight excluding hydrogens is 258 g/mol. The van der Waals surface area contributed by atoms with Crippen molar-refractivity contribution < 1.29 is 4.79 Å². The highest BCUT2D eigenvalue weighted by atomic mass is 16.1. The minimum absolute atomic E-state index is 0.0484. The zero-order valence-electron chi connectivity index (χ0n) is 13.1. The summed E-state index contributed by atoms with van der Waals surface area (Å²) in [6, 6.07) is 10.9. The minimum atomic E-state index is -0.239. The van der Waals surface area contributed by atoms with Gasteiger partial charge in [0.1, 0.15) is 0 Å². The molecule has 1 aromatic rings. The van der Waals surface area contributed by atoms with Crippen molar-refractivity contribution in [3.05, 3.63) is 35.9 Å². The van der Waals surface area contributed by atoms with E-state index in [0.29, 0.717) is 17.3 Å². The second kappa shape index (κ2) is 3.91. The van der Waals surface area contributed by atoms with Gasteiger partial charge in [0.25, 0.3) is 0 Å². The number of nitrogens with two attached hydrogens (primary N) is 1. The molecule has 4 fully saturated rings. The van der Waals surface area contributed by atoms with Gasteiger partial charge < -0.3 is 5.73 Å². The maximum Gasteiger partial charge on any atom is 0.223 e. The number of benzene rings is 1. The highest BCUT2D eigenvalue weighted by Crippen LogP contribution is 2.70. The van der Waals surface area contributed by atoms with Gasteiger partial charge in [-0.3, -0.25) is 4.79 Å². The van der Waals surface area contributed by atoms with Gasteiger partial charge in [0.2, 0.25) is 5.91 Å². The van der Waals surface area contributed by atoms with Crippen molar-refractivity contribution >= 4 is 5.91 Å². The van der Waals surface area contributed by atoms with Crippen molar-refractivity contribution in [3.8, 4) is 0 Å². The number of primary amides is 1. The SMILES string of the molecule is CC1(C)C2CC3(C(N)=O)CC1CC(c1ccccc1)(C2)C3. The number of hydrogen-bond acceptors (Lipinski definition) is 1. The molecule has 0 saturated heterocycles. The summed E-state index contributed by atoms with van der Waals surface area (Å²) in [6.07, 6.45) is 5.47. The molecule has 112 valence electrons. The topological polar surface area (TPSA) is 43.1 Å². The van der Waals surface area contributed by atoms with Gasteiger partial charge in [0, 0.05) is 0 Å². The Morgan fingerprint density at radius 1 is 1.05 bits per heavy atom. The summed E-state index contributed by atoms with van der Waals surface area (Å²) < 4.78 is 0. The van der Waals surface area contributed by atoms with Crippen LogP contribution in [-0.4, -0.2) is 5.91 Å². The Kier molecular flexibility index (Phi) is 2.49.